The smallest absolute Gasteiger partial charge is 0.195 e. The van der Waals surface area contributed by atoms with Crippen molar-refractivity contribution in [3.05, 3.63) is 0 Å². The van der Waals surface area contributed by atoms with E-state index in [1.807, 2.05) is 21.2 Å². The standard InChI is InChI=1S/C2H4FIO2S2/c3-8(5,6)2-1-7-4/h1-2H2. The molecule has 0 unspecified atom stereocenters. The van der Waals surface area contributed by atoms with E-state index in [1.54, 1.807) is 0 Å². The molecule has 50 valence electrons. The lowest BCUT2D eigenvalue weighted by molar-refractivity contribution is 0.554. The summed E-state index contributed by atoms with van der Waals surface area (Å²) in [4.78, 5) is 0. The largest absolute Gasteiger partial charge is 0.303 e. The van der Waals surface area contributed by atoms with Gasteiger partial charge < -0.3 is 0 Å². The van der Waals surface area contributed by atoms with Crippen molar-refractivity contribution >= 4 is 40.4 Å². The lowest BCUT2D eigenvalue weighted by Crippen LogP contribution is -1.98. The predicted molar refractivity (Wildman–Crippen MR) is 41.4 cm³/mol. The molecular weight excluding hydrogens is 266 g/mol. The normalized spacial score (nSPS) is 11.8. The average Bonchev–Trinajstić information content (AvgIpc) is 1.59. The molecule has 0 amide bonds. The van der Waals surface area contributed by atoms with Gasteiger partial charge in [-0.3, -0.25) is 0 Å². The minimum absolute atomic E-state index is 0.319. The van der Waals surface area contributed by atoms with Gasteiger partial charge in [-0.25, -0.2) is 0 Å². The Morgan fingerprint density at radius 3 is 2.25 bits per heavy atom. The lowest BCUT2D eigenvalue weighted by Gasteiger charge is -1.86. The van der Waals surface area contributed by atoms with E-state index in [1.165, 1.54) is 8.93 Å². The molecule has 0 aliphatic heterocycles. The summed E-state index contributed by atoms with van der Waals surface area (Å²) in [7, 11) is -2.93. The zero-order valence-electron chi connectivity index (χ0n) is 3.80. The molecule has 6 heteroatoms. The molecule has 0 N–H and O–H groups in total. The summed E-state index contributed by atoms with van der Waals surface area (Å²) in [5.41, 5.74) is 0. The fraction of sp³-hybridized carbons (Fsp3) is 1.00. The van der Waals surface area contributed by atoms with Crippen LogP contribution in [0, 0.1) is 0 Å². The maximum absolute atomic E-state index is 11.5. The maximum Gasteiger partial charge on any atom is 0.303 e. The molecule has 0 aromatic heterocycles. The molecule has 0 saturated carbocycles. The third-order valence-corrected chi connectivity index (χ3v) is 3.03. The average molecular weight is 270 g/mol. The summed E-state index contributed by atoms with van der Waals surface area (Å²) in [5, 5.41) is 0. The first-order chi connectivity index (χ1) is 3.56. The Balaban J connectivity index is 3.42. The molecule has 0 radical (unpaired) electrons. The van der Waals surface area contributed by atoms with E-state index in [4.69, 9.17) is 0 Å². The minimum atomic E-state index is -4.21. The van der Waals surface area contributed by atoms with E-state index in [2.05, 4.69) is 0 Å². The summed E-state index contributed by atoms with van der Waals surface area (Å²) in [6.45, 7) is 0. The van der Waals surface area contributed by atoms with Gasteiger partial charge in [0.05, 0.1) is 5.75 Å². The van der Waals surface area contributed by atoms with Crippen LogP contribution >= 0.6 is 30.1 Å². The monoisotopic (exact) mass is 270 g/mol. The number of halogens is 2. The van der Waals surface area contributed by atoms with Crippen LogP contribution in [0.1, 0.15) is 0 Å². The molecule has 8 heavy (non-hydrogen) atoms. The fourth-order valence-corrected chi connectivity index (χ4v) is 2.80. The van der Waals surface area contributed by atoms with E-state index in [-0.39, 0.29) is 5.75 Å². The highest BCUT2D eigenvalue weighted by atomic mass is 127. The highest BCUT2D eigenvalue weighted by Crippen LogP contribution is 2.10. The van der Waals surface area contributed by atoms with E-state index in [0.717, 1.165) is 0 Å². The van der Waals surface area contributed by atoms with Gasteiger partial charge in [0.2, 0.25) is 0 Å². The molecule has 0 spiro atoms. The van der Waals surface area contributed by atoms with Crippen LogP contribution < -0.4 is 0 Å². The van der Waals surface area contributed by atoms with E-state index in [0.29, 0.717) is 5.75 Å². The lowest BCUT2D eigenvalue weighted by atomic mass is 11.0. The van der Waals surface area contributed by atoms with Crippen molar-refractivity contribution in [2.45, 2.75) is 0 Å². The summed E-state index contributed by atoms with van der Waals surface area (Å²) >= 11 is 1.91. The highest BCUT2D eigenvalue weighted by molar-refractivity contribution is 14.2. The first-order valence-corrected chi connectivity index (χ1v) is 6.80. The van der Waals surface area contributed by atoms with Gasteiger partial charge in [-0.15, -0.1) is 3.89 Å². The Morgan fingerprint density at radius 2 is 2.12 bits per heavy atom. The third-order valence-electron chi connectivity index (χ3n) is 0.404. The van der Waals surface area contributed by atoms with Crippen molar-refractivity contribution in [3.8, 4) is 0 Å². The van der Waals surface area contributed by atoms with E-state index in [9.17, 15) is 12.3 Å². The van der Waals surface area contributed by atoms with Gasteiger partial charge in [0, 0.05) is 5.75 Å². The van der Waals surface area contributed by atoms with Crippen molar-refractivity contribution in [1.82, 2.24) is 0 Å². The topological polar surface area (TPSA) is 34.1 Å². The highest BCUT2D eigenvalue weighted by Gasteiger charge is 2.04. The Morgan fingerprint density at radius 1 is 1.62 bits per heavy atom. The van der Waals surface area contributed by atoms with Crippen LogP contribution in [0.15, 0.2) is 0 Å². The van der Waals surface area contributed by atoms with Gasteiger partial charge in [-0.05, 0) is 21.2 Å². The molecular formula is C2H4FIO2S2. The summed E-state index contributed by atoms with van der Waals surface area (Å²) in [5.74, 6) is -0.0556. The van der Waals surface area contributed by atoms with Crippen LogP contribution in [-0.2, 0) is 10.2 Å². The molecule has 0 heterocycles. The first kappa shape index (κ1) is 8.96. The molecule has 0 aliphatic rings. The van der Waals surface area contributed by atoms with E-state index >= 15 is 0 Å². The Bertz CT molecular complexity index is 142. The van der Waals surface area contributed by atoms with Gasteiger partial charge in [0.25, 0.3) is 0 Å². The van der Waals surface area contributed by atoms with Crippen LogP contribution in [0.4, 0.5) is 3.89 Å². The van der Waals surface area contributed by atoms with Crippen molar-refractivity contribution in [2.75, 3.05) is 11.5 Å². The molecule has 0 aliphatic carbocycles. The van der Waals surface area contributed by atoms with Gasteiger partial charge in [0.15, 0.2) is 0 Å². The van der Waals surface area contributed by atoms with Crippen molar-refractivity contribution in [2.24, 2.45) is 0 Å². The van der Waals surface area contributed by atoms with Crippen LogP contribution in [0.25, 0.3) is 0 Å². The van der Waals surface area contributed by atoms with Crippen LogP contribution in [0.2, 0.25) is 0 Å². The third kappa shape index (κ3) is 6.96. The predicted octanol–water partition coefficient (Wildman–Crippen LogP) is 1.37. The molecule has 0 bridgehead atoms. The molecule has 0 aromatic rings. The second-order valence-electron chi connectivity index (χ2n) is 1.06. The summed E-state index contributed by atoms with van der Waals surface area (Å²) in [6, 6.07) is 0. The van der Waals surface area contributed by atoms with Crippen LogP contribution in [0.5, 0.6) is 0 Å². The minimum Gasteiger partial charge on any atom is -0.195 e. The van der Waals surface area contributed by atoms with Crippen molar-refractivity contribution in [3.63, 3.8) is 0 Å². The Kier molecular flexibility index (Phi) is 4.35. The number of hydrogen-bond donors (Lipinski definition) is 0. The number of rotatable bonds is 3. The van der Waals surface area contributed by atoms with Crippen LogP contribution in [0.3, 0.4) is 0 Å². The molecule has 0 atom stereocenters. The molecule has 2 nitrogen and oxygen atoms in total. The second kappa shape index (κ2) is 3.89. The number of hydrogen-bond acceptors (Lipinski definition) is 3. The zero-order chi connectivity index (χ0) is 6.62. The summed E-state index contributed by atoms with van der Waals surface area (Å²) in [6.07, 6.45) is 0. The fourth-order valence-electron chi connectivity index (χ4n) is 0.131. The van der Waals surface area contributed by atoms with Crippen molar-refractivity contribution < 1.29 is 12.3 Å². The second-order valence-corrected chi connectivity index (χ2v) is 5.04. The van der Waals surface area contributed by atoms with Gasteiger partial charge >= 0.3 is 10.2 Å². The van der Waals surface area contributed by atoms with E-state index < -0.39 is 10.2 Å². The zero-order valence-corrected chi connectivity index (χ0v) is 7.59. The maximum atomic E-state index is 11.5. The molecule has 0 aromatic carbocycles. The van der Waals surface area contributed by atoms with Crippen LogP contribution in [-0.4, -0.2) is 19.9 Å². The van der Waals surface area contributed by atoms with Crippen molar-refractivity contribution in [1.29, 1.82) is 0 Å². The van der Waals surface area contributed by atoms with Gasteiger partial charge in [-0.1, -0.05) is 8.93 Å². The summed E-state index contributed by atoms with van der Waals surface area (Å²) < 4.78 is 30.9. The molecule has 0 rings (SSSR count). The Labute approximate surface area is 64.0 Å². The quantitative estimate of drug-likeness (QED) is 0.573. The molecule has 0 saturated heterocycles. The SMILES string of the molecule is O=S(=O)(F)CCSI. The first-order valence-electron chi connectivity index (χ1n) is 1.72. The molecule has 0 fully saturated rings. The van der Waals surface area contributed by atoms with Gasteiger partial charge in [-0.2, -0.15) is 8.42 Å². The Hall–Kier alpha value is 0.960. The van der Waals surface area contributed by atoms with Gasteiger partial charge in [0.1, 0.15) is 0 Å².